The Labute approximate surface area is 104 Å². The van der Waals surface area contributed by atoms with Crippen LogP contribution in [-0.4, -0.2) is 50.3 Å². The number of aromatic nitrogens is 1. The molecule has 0 radical (unpaired) electrons. The number of ether oxygens (including phenoxy) is 1. The van der Waals surface area contributed by atoms with E-state index in [1.165, 1.54) is 0 Å². The summed E-state index contributed by atoms with van der Waals surface area (Å²) in [4.78, 5) is 6.58. The monoisotopic (exact) mass is 237 g/mol. The molecule has 0 aliphatic carbocycles. The topological polar surface area (TPSA) is 37.4 Å². The van der Waals surface area contributed by atoms with Crippen LogP contribution in [0.1, 0.15) is 12.1 Å². The van der Waals surface area contributed by atoms with E-state index >= 15 is 0 Å². The predicted octanol–water partition coefficient (Wildman–Crippen LogP) is 1.14. The van der Waals surface area contributed by atoms with E-state index < -0.39 is 0 Å². The van der Waals surface area contributed by atoms with E-state index in [0.29, 0.717) is 0 Å². The Hall–Kier alpha value is -0.970. The van der Waals surface area contributed by atoms with Crippen molar-refractivity contribution < 1.29 is 4.74 Å². The molecule has 1 aromatic heterocycles. The van der Waals surface area contributed by atoms with Crippen molar-refractivity contribution >= 4 is 0 Å². The van der Waals surface area contributed by atoms with Crippen molar-refractivity contribution in [3.05, 3.63) is 30.1 Å². The molecule has 0 aromatic carbocycles. The molecular weight excluding hydrogens is 214 g/mol. The van der Waals surface area contributed by atoms with Crippen LogP contribution < -0.4 is 5.32 Å². The molecule has 0 saturated heterocycles. The molecule has 0 aliphatic rings. The van der Waals surface area contributed by atoms with Gasteiger partial charge in [0, 0.05) is 39.5 Å². The average Bonchev–Trinajstić information content (AvgIpc) is 2.35. The minimum atomic E-state index is 0.830. The van der Waals surface area contributed by atoms with Crippen molar-refractivity contribution in [1.82, 2.24) is 15.2 Å². The van der Waals surface area contributed by atoms with Crippen LogP contribution in [-0.2, 0) is 11.3 Å². The zero-order valence-corrected chi connectivity index (χ0v) is 10.9. The SMILES string of the molecule is COCCCNCCN(C)Cc1ccccn1. The standard InChI is InChI=1S/C13H23N3O/c1-16(10-9-14-7-5-11-17-2)12-13-6-3-4-8-15-13/h3-4,6,8,14H,5,7,9-12H2,1-2H3. The van der Waals surface area contributed by atoms with Gasteiger partial charge in [-0.15, -0.1) is 0 Å². The normalized spacial score (nSPS) is 11.0. The Morgan fingerprint density at radius 1 is 1.35 bits per heavy atom. The van der Waals surface area contributed by atoms with E-state index in [0.717, 1.165) is 44.9 Å². The fraction of sp³-hybridized carbons (Fsp3) is 0.615. The molecule has 0 bridgehead atoms. The smallest absolute Gasteiger partial charge is 0.0543 e. The zero-order valence-electron chi connectivity index (χ0n) is 10.9. The summed E-state index contributed by atoms with van der Waals surface area (Å²) in [5.41, 5.74) is 1.12. The van der Waals surface area contributed by atoms with E-state index in [9.17, 15) is 0 Å². The van der Waals surface area contributed by atoms with E-state index in [-0.39, 0.29) is 0 Å². The van der Waals surface area contributed by atoms with Crippen molar-refractivity contribution in [3.8, 4) is 0 Å². The Morgan fingerprint density at radius 2 is 2.24 bits per heavy atom. The lowest BCUT2D eigenvalue weighted by molar-refractivity contribution is 0.194. The van der Waals surface area contributed by atoms with Crippen LogP contribution >= 0.6 is 0 Å². The number of rotatable bonds is 9. The summed E-state index contributed by atoms with van der Waals surface area (Å²) in [6, 6.07) is 6.03. The van der Waals surface area contributed by atoms with Gasteiger partial charge in [-0.2, -0.15) is 0 Å². The van der Waals surface area contributed by atoms with Gasteiger partial charge in [0.2, 0.25) is 0 Å². The van der Waals surface area contributed by atoms with Gasteiger partial charge in [-0.1, -0.05) is 6.07 Å². The highest BCUT2D eigenvalue weighted by atomic mass is 16.5. The van der Waals surface area contributed by atoms with Crippen molar-refractivity contribution in [2.75, 3.05) is 40.4 Å². The van der Waals surface area contributed by atoms with E-state index in [4.69, 9.17) is 4.74 Å². The van der Waals surface area contributed by atoms with Crippen molar-refractivity contribution in [2.24, 2.45) is 0 Å². The van der Waals surface area contributed by atoms with Gasteiger partial charge in [0.05, 0.1) is 5.69 Å². The molecule has 0 fully saturated rings. The van der Waals surface area contributed by atoms with Crippen LogP contribution in [0.5, 0.6) is 0 Å². The van der Waals surface area contributed by atoms with Crippen LogP contribution in [0.4, 0.5) is 0 Å². The first kappa shape index (κ1) is 14.1. The average molecular weight is 237 g/mol. The summed E-state index contributed by atoms with van der Waals surface area (Å²) in [6.45, 7) is 4.79. The number of hydrogen-bond donors (Lipinski definition) is 1. The molecule has 0 saturated carbocycles. The molecule has 96 valence electrons. The van der Waals surface area contributed by atoms with Gasteiger partial charge in [-0.3, -0.25) is 9.88 Å². The molecule has 1 N–H and O–H groups in total. The van der Waals surface area contributed by atoms with Crippen molar-refractivity contribution in [3.63, 3.8) is 0 Å². The maximum Gasteiger partial charge on any atom is 0.0543 e. The third kappa shape index (κ3) is 7.05. The molecular formula is C13H23N3O. The molecule has 17 heavy (non-hydrogen) atoms. The Balaban J connectivity index is 2.03. The third-order valence-corrected chi connectivity index (χ3v) is 2.53. The van der Waals surface area contributed by atoms with Gasteiger partial charge in [0.1, 0.15) is 0 Å². The number of nitrogens with zero attached hydrogens (tertiary/aromatic N) is 2. The molecule has 0 aliphatic heterocycles. The lowest BCUT2D eigenvalue weighted by Gasteiger charge is -2.16. The second kappa shape index (κ2) is 9.10. The fourth-order valence-corrected chi connectivity index (χ4v) is 1.58. The number of pyridine rings is 1. The van der Waals surface area contributed by atoms with E-state index in [1.807, 2.05) is 18.3 Å². The molecule has 4 nitrogen and oxygen atoms in total. The minimum Gasteiger partial charge on any atom is -0.385 e. The quantitative estimate of drug-likeness (QED) is 0.654. The number of hydrogen-bond acceptors (Lipinski definition) is 4. The maximum absolute atomic E-state index is 4.99. The number of nitrogens with one attached hydrogen (secondary N) is 1. The predicted molar refractivity (Wildman–Crippen MR) is 69.9 cm³/mol. The Morgan fingerprint density at radius 3 is 2.94 bits per heavy atom. The minimum absolute atomic E-state index is 0.830. The molecule has 0 amide bonds. The second-order valence-corrected chi connectivity index (χ2v) is 4.16. The Bertz CT molecular complexity index is 279. The highest BCUT2D eigenvalue weighted by Gasteiger charge is 1.99. The van der Waals surface area contributed by atoms with Gasteiger partial charge >= 0.3 is 0 Å². The van der Waals surface area contributed by atoms with Gasteiger partial charge in [-0.25, -0.2) is 0 Å². The first-order valence-electron chi connectivity index (χ1n) is 6.11. The van der Waals surface area contributed by atoms with Crippen molar-refractivity contribution in [2.45, 2.75) is 13.0 Å². The lowest BCUT2D eigenvalue weighted by atomic mass is 10.3. The van der Waals surface area contributed by atoms with Gasteiger partial charge in [0.15, 0.2) is 0 Å². The Kier molecular flexibility index (Phi) is 7.54. The fourth-order valence-electron chi connectivity index (χ4n) is 1.58. The highest BCUT2D eigenvalue weighted by molar-refractivity contribution is 5.02. The van der Waals surface area contributed by atoms with E-state index in [2.05, 4.69) is 28.3 Å². The highest BCUT2D eigenvalue weighted by Crippen LogP contribution is 1.97. The zero-order chi connectivity index (χ0) is 12.3. The van der Waals surface area contributed by atoms with Gasteiger partial charge in [-0.05, 0) is 32.1 Å². The van der Waals surface area contributed by atoms with Crippen molar-refractivity contribution in [1.29, 1.82) is 0 Å². The molecule has 1 aromatic rings. The molecule has 1 rings (SSSR count). The van der Waals surface area contributed by atoms with Gasteiger partial charge in [0.25, 0.3) is 0 Å². The maximum atomic E-state index is 4.99. The molecule has 0 spiro atoms. The molecule has 0 atom stereocenters. The first-order valence-corrected chi connectivity index (χ1v) is 6.11. The molecule has 4 heteroatoms. The first-order chi connectivity index (χ1) is 8.33. The summed E-state index contributed by atoms with van der Waals surface area (Å²) >= 11 is 0. The van der Waals surface area contributed by atoms with Crippen LogP contribution in [0.3, 0.4) is 0 Å². The largest absolute Gasteiger partial charge is 0.385 e. The van der Waals surface area contributed by atoms with Crippen LogP contribution in [0.2, 0.25) is 0 Å². The van der Waals surface area contributed by atoms with Crippen LogP contribution in [0.25, 0.3) is 0 Å². The van der Waals surface area contributed by atoms with Crippen LogP contribution in [0.15, 0.2) is 24.4 Å². The van der Waals surface area contributed by atoms with Crippen LogP contribution in [0, 0.1) is 0 Å². The summed E-state index contributed by atoms with van der Waals surface area (Å²) in [5.74, 6) is 0. The second-order valence-electron chi connectivity index (χ2n) is 4.16. The van der Waals surface area contributed by atoms with E-state index in [1.54, 1.807) is 7.11 Å². The summed E-state index contributed by atoms with van der Waals surface area (Å²) in [6.07, 6.45) is 2.91. The summed E-state index contributed by atoms with van der Waals surface area (Å²) < 4.78 is 4.99. The van der Waals surface area contributed by atoms with Gasteiger partial charge < -0.3 is 10.1 Å². The summed E-state index contributed by atoms with van der Waals surface area (Å²) in [7, 11) is 3.85. The number of methoxy groups -OCH3 is 1. The third-order valence-electron chi connectivity index (χ3n) is 2.53. The lowest BCUT2D eigenvalue weighted by Crippen LogP contribution is -2.30. The summed E-state index contributed by atoms with van der Waals surface area (Å²) in [5, 5.41) is 3.39. The molecule has 0 unspecified atom stereocenters. The number of likely N-dealkylation sites (N-methyl/N-ethyl adjacent to an activating group) is 1. The molecule has 1 heterocycles.